The summed E-state index contributed by atoms with van der Waals surface area (Å²) < 4.78 is 10.8. The molecule has 29 heavy (non-hydrogen) atoms. The first-order valence-corrected chi connectivity index (χ1v) is 9.12. The van der Waals surface area contributed by atoms with Crippen molar-refractivity contribution < 1.29 is 18.7 Å². The van der Waals surface area contributed by atoms with Gasteiger partial charge in [-0.3, -0.25) is 9.59 Å². The van der Waals surface area contributed by atoms with E-state index in [2.05, 4.69) is 15.3 Å². The zero-order valence-electron chi connectivity index (χ0n) is 16.5. The number of aromatic nitrogens is 2. The van der Waals surface area contributed by atoms with Gasteiger partial charge >= 0.3 is 0 Å². The van der Waals surface area contributed by atoms with E-state index in [0.717, 1.165) is 11.3 Å². The van der Waals surface area contributed by atoms with Gasteiger partial charge in [0, 0.05) is 43.0 Å². The van der Waals surface area contributed by atoms with Gasteiger partial charge < -0.3 is 19.4 Å². The summed E-state index contributed by atoms with van der Waals surface area (Å²) in [6.45, 7) is 2.06. The molecule has 8 heteroatoms. The van der Waals surface area contributed by atoms with Crippen LogP contribution in [-0.2, 0) is 11.3 Å². The van der Waals surface area contributed by atoms with Crippen molar-refractivity contribution in [3.63, 3.8) is 0 Å². The van der Waals surface area contributed by atoms with Crippen LogP contribution in [0.4, 0.5) is 5.69 Å². The molecule has 150 valence electrons. The SMILES string of the molecule is CCC(=O)N(C)c1ccc(-c2ncc(C(=O)NCc3cccnc3OC)o2)cc1. The number of amides is 2. The average Bonchev–Trinajstić information content (AvgIpc) is 3.27. The predicted molar refractivity (Wildman–Crippen MR) is 108 cm³/mol. The Bertz CT molecular complexity index is 998. The molecule has 0 spiro atoms. The molecule has 2 aromatic heterocycles. The molecule has 0 radical (unpaired) electrons. The maximum atomic E-state index is 12.4. The molecule has 0 aliphatic rings. The van der Waals surface area contributed by atoms with Gasteiger partial charge in [-0.05, 0) is 30.3 Å². The van der Waals surface area contributed by atoms with Gasteiger partial charge in [0.25, 0.3) is 5.91 Å². The second kappa shape index (κ2) is 9.01. The molecule has 3 rings (SSSR count). The second-order valence-corrected chi connectivity index (χ2v) is 6.24. The van der Waals surface area contributed by atoms with E-state index in [9.17, 15) is 9.59 Å². The van der Waals surface area contributed by atoms with E-state index in [1.807, 2.05) is 25.1 Å². The molecular formula is C21H22N4O4. The zero-order valence-corrected chi connectivity index (χ0v) is 16.5. The fourth-order valence-electron chi connectivity index (χ4n) is 2.73. The van der Waals surface area contributed by atoms with Gasteiger partial charge in [0.05, 0.1) is 13.3 Å². The fraction of sp³-hybridized carbons (Fsp3) is 0.238. The van der Waals surface area contributed by atoms with Crippen LogP contribution in [0.25, 0.3) is 11.5 Å². The van der Waals surface area contributed by atoms with Crippen LogP contribution >= 0.6 is 0 Å². The number of nitrogens with zero attached hydrogens (tertiary/aromatic N) is 3. The van der Waals surface area contributed by atoms with Crippen molar-refractivity contribution in [2.45, 2.75) is 19.9 Å². The van der Waals surface area contributed by atoms with E-state index in [4.69, 9.17) is 9.15 Å². The van der Waals surface area contributed by atoms with Crippen LogP contribution in [-0.4, -0.2) is 35.9 Å². The molecule has 2 heterocycles. The first kappa shape index (κ1) is 20.1. The molecule has 0 aliphatic heterocycles. The summed E-state index contributed by atoms with van der Waals surface area (Å²) in [5.41, 5.74) is 2.24. The Morgan fingerprint density at radius 1 is 1.17 bits per heavy atom. The van der Waals surface area contributed by atoms with Crippen LogP contribution in [0.1, 0.15) is 29.5 Å². The molecular weight excluding hydrogens is 372 g/mol. The van der Waals surface area contributed by atoms with Crippen LogP contribution < -0.4 is 15.0 Å². The summed E-state index contributed by atoms with van der Waals surface area (Å²) in [5.74, 6) is 0.519. The molecule has 3 aromatic rings. The summed E-state index contributed by atoms with van der Waals surface area (Å²) in [4.78, 5) is 34.0. The third kappa shape index (κ3) is 4.60. The monoisotopic (exact) mass is 394 g/mol. The van der Waals surface area contributed by atoms with Gasteiger partial charge in [-0.1, -0.05) is 13.0 Å². The number of carbonyl (C=O) groups excluding carboxylic acids is 2. The lowest BCUT2D eigenvalue weighted by molar-refractivity contribution is -0.118. The first-order chi connectivity index (χ1) is 14.0. The zero-order chi connectivity index (χ0) is 20.8. The number of anilines is 1. The topological polar surface area (TPSA) is 97.6 Å². The Morgan fingerprint density at radius 2 is 1.93 bits per heavy atom. The van der Waals surface area contributed by atoms with Crippen molar-refractivity contribution in [1.82, 2.24) is 15.3 Å². The fourth-order valence-corrected chi connectivity index (χ4v) is 2.73. The lowest BCUT2D eigenvalue weighted by Crippen LogP contribution is -2.24. The number of ether oxygens (including phenoxy) is 1. The van der Waals surface area contributed by atoms with Gasteiger partial charge in [-0.2, -0.15) is 0 Å². The molecule has 1 N–H and O–H groups in total. The summed E-state index contributed by atoms with van der Waals surface area (Å²) in [6, 6.07) is 10.8. The lowest BCUT2D eigenvalue weighted by atomic mass is 10.2. The highest BCUT2D eigenvalue weighted by atomic mass is 16.5. The van der Waals surface area contributed by atoms with Crippen molar-refractivity contribution in [2.24, 2.45) is 0 Å². The Kier molecular flexibility index (Phi) is 6.23. The quantitative estimate of drug-likeness (QED) is 0.661. The minimum atomic E-state index is -0.389. The first-order valence-electron chi connectivity index (χ1n) is 9.12. The highest BCUT2D eigenvalue weighted by Crippen LogP contribution is 2.23. The molecule has 0 saturated carbocycles. The number of pyridine rings is 1. The molecule has 0 aliphatic carbocycles. The normalized spacial score (nSPS) is 10.4. The van der Waals surface area contributed by atoms with Gasteiger partial charge in [0.15, 0.2) is 0 Å². The Labute approximate surface area is 168 Å². The molecule has 8 nitrogen and oxygen atoms in total. The van der Waals surface area contributed by atoms with E-state index in [1.54, 1.807) is 36.3 Å². The lowest BCUT2D eigenvalue weighted by Gasteiger charge is -2.16. The van der Waals surface area contributed by atoms with Crippen LogP contribution in [0.15, 0.2) is 53.2 Å². The predicted octanol–water partition coefficient (Wildman–Crippen LogP) is 3.05. The van der Waals surface area contributed by atoms with Crippen molar-refractivity contribution in [2.75, 3.05) is 19.1 Å². The van der Waals surface area contributed by atoms with Gasteiger partial charge in [-0.15, -0.1) is 0 Å². The molecule has 0 atom stereocenters. The summed E-state index contributed by atoms with van der Waals surface area (Å²) in [6.07, 6.45) is 3.43. The van der Waals surface area contributed by atoms with E-state index < -0.39 is 0 Å². The smallest absolute Gasteiger partial charge is 0.289 e. The number of benzene rings is 1. The molecule has 1 aromatic carbocycles. The highest BCUT2D eigenvalue weighted by molar-refractivity contribution is 5.93. The van der Waals surface area contributed by atoms with Gasteiger partial charge in [0.1, 0.15) is 0 Å². The summed E-state index contributed by atoms with van der Waals surface area (Å²) in [5, 5.41) is 2.76. The van der Waals surface area contributed by atoms with Crippen molar-refractivity contribution >= 4 is 17.5 Å². The van der Waals surface area contributed by atoms with E-state index in [0.29, 0.717) is 23.8 Å². The molecule has 0 unspecified atom stereocenters. The second-order valence-electron chi connectivity index (χ2n) is 6.24. The number of hydrogen-bond acceptors (Lipinski definition) is 6. The average molecular weight is 394 g/mol. The number of oxazole rings is 1. The maximum absolute atomic E-state index is 12.4. The Hall–Kier alpha value is -3.68. The van der Waals surface area contributed by atoms with Gasteiger partial charge in [0.2, 0.25) is 23.4 Å². The highest BCUT2D eigenvalue weighted by Gasteiger charge is 2.15. The van der Waals surface area contributed by atoms with Gasteiger partial charge in [-0.25, -0.2) is 9.97 Å². The Balaban J connectivity index is 1.67. The number of nitrogens with one attached hydrogen (secondary N) is 1. The van der Waals surface area contributed by atoms with Crippen molar-refractivity contribution in [3.8, 4) is 17.3 Å². The standard InChI is InChI=1S/C21H22N4O4/c1-4-18(26)25(2)16-9-7-14(8-10-16)21-24-13-17(29-21)19(27)23-12-15-6-5-11-22-20(15)28-3/h5-11,13H,4,12H2,1-3H3,(H,23,27). The summed E-state index contributed by atoms with van der Waals surface area (Å²) >= 11 is 0. The summed E-state index contributed by atoms with van der Waals surface area (Å²) in [7, 11) is 3.25. The van der Waals surface area contributed by atoms with E-state index in [1.165, 1.54) is 13.3 Å². The third-order valence-electron chi connectivity index (χ3n) is 4.39. The minimum Gasteiger partial charge on any atom is -0.481 e. The van der Waals surface area contributed by atoms with Crippen LogP contribution in [0.2, 0.25) is 0 Å². The number of carbonyl (C=O) groups is 2. The number of rotatable bonds is 7. The molecule has 2 amide bonds. The molecule has 0 bridgehead atoms. The third-order valence-corrected chi connectivity index (χ3v) is 4.39. The Morgan fingerprint density at radius 3 is 2.62 bits per heavy atom. The van der Waals surface area contributed by atoms with Crippen LogP contribution in [0, 0.1) is 0 Å². The number of hydrogen-bond donors (Lipinski definition) is 1. The minimum absolute atomic E-state index is 0.0260. The maximum Gasteiger partial charge on any atom is 0.289 e. The number of methoxy groups -OCH3 is 1. The van der Waals surface area contributed by atoms with Crippen molar-refractivity contribution in [3.05, 3.63) is 60.1 Å². The van der Waals surface area contributed by atoms with E-state index >= 15 is 0 Å². The molecule has 0 saturated heterocycles. The molecule has 0 fully saturated rings. The van der Waals surface area contributed by atoms with E-state index in [-0.39, 0.29) is 24.1 Å². The van der Waals surface area contributed by atoms with Crippen LogP contribution in [0.3, 0.4) is 0 Å². The van der Waals surface area contributed by atoms with Crippen LogP contribution in [0.5, 0.6) is 5.88 Å². The largest absolute Gasteiger partial charge is 0.481 e. The van der Waals surface area contributed by atoms with Crippen molar-refractivity contribution in [1.29, 1.82) is 0 Å².